The Morgan fingerprint density at radius 2 is 1.95 bits per heavy atom. The summed E-state index contributed by atoms with van der Waals surface area (Å²) in [4.78, 5) is 37.0. The second kappa shape index (κ2) is 10.1. The molecule has 7 rings (SSSR count). The number of alkyl carbamates (subject to hydrolysis) is 1. The molecule has 1 saturated carbocycles. The number of methoxy groups -OCH3 is 1. The van der Waals surface area contributed by atoms with Crippen LogP contribution in [0.15, 0.2) is 30.3 Å². The largest absolute Gasteiger partial charge is 0.488 e. The van der Waals surface area contributed by atoms with Gasteiger partial charge < -0.3 is 24.7 Å². The lowest BCUT2D eigenvalue weighted by Gasteiger charge is -2.33. The molecule has 2 aliphatic heterocycles. The number of hydrogen-bond donors (Lipinski definition) is 2. The molecule has 214 valence electrons. The Balaban J connectivity index is 1.24. The second-order valence-electron chi connectivity index (χ2n) is 12.2. The molecule has 2 amide bonds. The lowest BCUT2D eigenvalue weighted by atomic mass is 9.86. The van der Waals surface area contributed by atoms with Crippen molar-refractivity contribution in [2.75, 3.05) is 7.11 Å². The number of H-pyrrole nitrogens is 1. The Hall–Kier alpha value is -3.52. The molecule has 2 aliphatic carbocycles. The van der Waals surface area contributed by atoms with Crippen molar-refractivity contribution in [3.63, 3.8) is 0 Å². The average molecular weight is 575 g/mol. The third-order valence-electron chi connectivity index (χ3n) is 9.44. The quantitative estimate of drug-likeness (QED) is 0.386. The first-order valence-electron chi connectivity index (χ1n) is 14.7. The van der Waals surface area contributed by atoms with Crippen LogP contribution in [-0.4, -0.2) is 46.1 Å². The van der Waals surface area contributed by atoms with E-state index in [2.05, 4.69) is 22.4 Å². The minimum Gasteiger partial charge on any atom is -0.488 e. The number of amides is 2. The lowest BCUT2D eigenvalue weighted by Crippen LogP contribution is -2.53. The van der Waals surface area contributed by atoms with Crippen LogP contribution in [0.5, 0.6) is 5.75 Å². The van der Waals surface area contributed by atoms with Crippen molar-refractivity contribution in [3.05, 3.63) is 58.0 Å². The second-order valence-corrected chi connectivity index (χ2v) is 12.6. The zero-order chi connectivity index (χ0) is 28.4. The number of benzene rings is 2. The molecule has 1 unspecified atom stereocenters. The molecule has 0 radical (unpaired) electrons. The molecular formula is C32H35ClN4O4. The molecule has 2 N–H and O–H groups in total. The summed E-state index contributed by atoms with van der Waals surface area (Å²) < 4.78 is 10.9. The van der Waals surface area contributed by atoms with Crippen LogP contribution in [-0.2, 0) is 29.0 Å². The number of aryl methyl sites for hydroxylation is 2. The van der Waals surface area contributed by atoms with E-state index in [1.807, 2.05) is 36.9 Å². The topological polar surface area (TPSA) is 96.5 Å². The number of carbonyl (C=O) groups excluding carboxylic acids is 2. The maximum Gasteiger partial charge on any atom is 0.407 e. The van der Waals surface area contributed by atoms with Gasteiger partial charge in [-0.05, 0) is 91.0 Å². The summed E-state index contributed by atoms with van der Waals surface area (Å²) in [6.07, 6.45) is 5.26. The molecule has 3 aromatic rings. The SMILES string of the molecule is COC(=O)NC(C(=O)N1[C@H](c2nc3c([nH]2)-c2cc4c(cc2CC3)-c2ccc(Cl)cc2OC4)C[C@@H]2CCC[C@@H]21)C(C)C. The van der Waals surface area contributed by atoms with Crippen molar-refractivity contribution in [2.24, 2.45) is 11.8 Å². The number of fused-ring (bicyclic) bond motifs is 7. The summed E-state index contributed by atoms with van der Waals surface area (Å²) >= 11 is 6.21. The van der Waals surface area contributed by atoms with E-state index in [0.29, 0.717) is 17.5 Å². The highest BCUT2D eigenvalue weighted by Gasteiger charge is 2.49. The predicted octanol–water partition coefficient (Wildman–Crippen LogP) is 6.21. The van der Waals surface area contributed by atoms with E-state index in [9.17, 15) is 9.59 Å². The van der Waals surface area contributed by atoms with E-state index in [1.165, 1.54) is 18.2 Å². The van der Waals surface area contributed by atoms with Gasteiger partial charge in [0.15, 0.2) is 0 Å². The molecule has 3 heterocycles. The van der Waals surface area contributed by atoms with Gasteiger partial charge in [0.25, 0.3) is 0 Å². The van der Waals surface area contributed by atoms with Crippen molar-refractivity contribution >= 4 is 23.6 Å². The van der Waals surface area contributed by atoms with Gasteiger partial charge in [-0.1, -0.05) is 31.9 Å². The molecule has 1 saturated heterocycles. The van der Waals surface area contributed by atoms with Crippen LogP contribution in [0.1, 0.15) is 68.2 Å². The normalized spacial score (nSPS) is 22.7. The number of imidazole rings is 1. The number of aromatic nitrogens is 2. The fraction of sp³-hybridized carbons (Fsp3) is 0.469. The number of nitrogens with one attached hydrogen (secondary N) is 2. The molecule has 9 heteroatoms. The molecule has 8 nitrogen and oxygen atoms in total. The van der Waals surface area contributed by atoms with Crippen LogP contribution >= 0.6 is 11.6 Å². The van der Waals surface area contributed by atoms with Crippen LogP contribution in [0.2, 0.25) is 5.02 Å². The van der Waals surface area contributed by atoms with Crippen molar-refractivity contribution in [1.29, 1.82) is 0 Å². The number of rotatable bonds is 4. The van der Waals surface area contributed by atoms with E-state index >= 15 is 0 Å². The minimum atomic E-state index is -0.654. The highest BCUT2D eigenvalue weighted by Crippen LogP contribution is 2.49. The van der Waals surface area contributed by atoms with Gasteiger partial charge in [0, 0.05) is 22.2 Å². The Morgan fingerprint density at radius 1 is 1.12 bits per heavy atom. The molecule has 41 heavy (non-hydrogen) atoms. The number of halogens is 1. The highest BCUT2D eigenvalue weighted by molar-refractivity contribution is 6.30. The third-order valence-corrected chi connectivity index (χ3v) is 9.68. The van der Waals surface area contributed by atoms with Gasteiger partial charge in [-0.3, -0.25) is 4.79 Å². The minimum absolute atomic E-state index is 0.0513. The van der Waals surface area contributed by atoms with Gasteiger partial charge in [-0.2, -0.15) is 0 Å². The third kappa shape index (κ3) is 4.38. The van der Waals surface area contributed by atoms with Gasteiger partial charge in [0.1, 0.15) is 24.2 Å². The molecule has 4 aliphatic rings. The monoisotopic (exact) mass is 574 g/mol. The summed E-state index contributed by atoms with van der Waals surface area (Å²) in [6.45, 7) is 4.40. The molecule has 4 atom stereocenters. The number of likely N-dealkylation sites (tertiary alicyclic amines) is 1. The van der Waals surface area contributed by atoms with Crippen LogP contribution in [0.4, 0.5) is 4.79 Å². The first-order valence-corrected chi connectivity index (χ1v) is 15.0. The molecule has 2 aromatic carbocycles. The molecular weight excluding hydrogens is 540 g/mol. The molecule has 2 fully saturated rings. The van der Waals surface area contributed by atoms with E-state index in [1.54, 1.807) is 0 Å². The van der Waals surface area contributed by atoms with Gasteiger partial charge in [-0.15, -0.1) is 0 Å². The zero-order valence-corrected chi connectivity index (χ0v) is 24.4. The van der Waals surface area contributed by atoms with Crippen LogP contribution in [0.3, 0.4) is 0 Å². The lowest BCUT2D eigenvalue weighted by molar-refractivity contribution is -0.137. The number of nitrogens with zero attached hydrogens (tertiary/aromatic N) is 2. The number of carbonyl (C=O) groups is 2. The molecule has 0 bridgehead atoms. The first kappa shape index (κ1) is 26.4. The number of ether oxygens (including phenoxy) is 2. The Bertz CT molecular complexity index is 1550. The molecule has 1 aromatic heterocycles. The van der Waals surface area contributed by atoms with Gasteiger partial charge in [-0.25, -0.2) is 9.78 Å². The summed E-state index contributed by atoms with van der Waals surface area (Å²) in [5.74, 6) is 1.99. The maximum atomic E-state index is 14.1. The van der Waals surface area contributed by atoms with E-state index < -0.39 is 12.1 Å². The van der Waals surface area contributed by atoms with Crippen molar-refractivity contribution in [2.45, 2.75) is 77.1 Å². The molecule has 0 spiro atoms. The first-order chi connectivity index (χ1) is 19.8. The van der Waals surface area contributed by atoms with Gasteiger partial charge in [0.05, 0.1) is 24.5 Å². The maximum absolute atomic E-state index is 14.1. The standard InChI is InChI=1S/C32H35ClN4O4/c1-16(2)28(36-32(39)40-3)31(38)37-25-6-4-5-18(25)13-26(37)30-34-24-10-7-17-11-22-19(12-23(17)29(24)35-30)15-41-27-14-20(33)8-9-21(22)27/h8-9,11-12,14,16,18,25-26,28H,4-7,10,13,15H2,1-3H3,(H,34,35)(H,36,39)/t18-,25-,26-,28?/m0/s1. The van der Waals surface area contributed by atoms with Crippen LogP contribution in [0, 0.1) is 11.8 Å². The Morgan fingerprint density at radius 3 is 2.76 bits per heavy atom. The fourth-order valence-corrected chi connectivity index (χ4v) is 7.61. The highest BCUT2D eigenvalue weighted by atomic mass is 35.5. The van der Waals surface area contributed by atoms with Crippen LogP contribution in [0.25, 0.3) is 22.4 Å². The Labute approximate surface area is 244 Å². The number of hydrogen-bond acceptors (Lipinski definition) is 5. The van der Waals surface area contributed by atoms with Gasteiger partial charge in [0.2, 0.25) is 5.91 Å². The fourth-order valence-electron chi connectivity index (χ4n) is 7.45. The summed E-state index contributed by atoms with van der Waals surface area (Å²) in [6, 6.07) is 9.73. The smallest absolute Gasteiger partial charge is 0.407 e. The van der Waals surface area contributed by atoms with Crippen molar-refractivity contribution in [1.82, 2.24) is 20.2 Å². The summed E-state index contributed by atoms with van der Waals surface area (Å²) in [7, 11) is 1.33. The van der Waals surface area contributed by atoms with E-state index in [-0.39, 0.29) is 23.9 Å². The van der Waals surface area contributed by atoms with E-state index in [4.69, 9.17) is 26.1 Å². The zero-order valence-electron chi connectivity index (χ0n) is 23.6. The summed E-state index contributed by atoms with van der Waals surface area (Å²) in [5.41, 5.74) is 7.95. The number of aromatic amines is 1. The average Bonchev–Trinajstić information content (AvgIpc) is 3.68. The van der Waals surface area contributed by atoms with Crippen molar-refractivity contribution in [3.8, 4) is 28.1 Å². The Kier molecular flexibility index (Phi) is 6.49. The predicted molar refractivity (Wildman–Crippen MR) is 156 cm³/mol. The van der Waals surface area contributed by atoms with E-state index in [0.717, 1.165) is 78.2 Å². The summed E-state index contributed by atoms with van der Waals surface area (Å²) in [5, 5.41) is 3.46. The van der Waals surface area contributed by atoms with Crippen LogP contribution < -0.4 is 10.1 Å². The van der Waals surface area contributed by atoms with Gasteiger partial charge >= 0.3 is 6.09 Å². The van der Waals surface area contributed by atoms with Crippen molar-refractivity contribution < 1.29 is 19.1 Å².